The molecule has 0 aromatic rings. The molecule has 0 saturated heterocycles. The van der Waals surface area contributed by atoms with Crippen LogP contribution >= 0.6 is 0 Å². The van der Waals surface area contributed by atoms with E-state index >= 15 is 0 Å². The van der Waals surface area contributed by atoms with Gasteiger partial charge in [0.25, 0.3) is 0 Å². The van der Waals surface area contributed by atoms with Gasteiger partial charge in [0.15, 0.2) is 0 Å². The molecule has 0 rings (SSSR count). The quantitative estimate of drug-likeness (QED) is 0.238. The number of Topliss-reactive ketones (excluding diaryl/α,β-unsaturated/α-hetero) is 2. The fourth-order valence-electron chi connectivity index (χ4n) is 0.286. The minimum absolute atomic E-state index is 0. The molecule has 0 amide bonds. The smallest absolute Gasteiger partial charge is 0.334 e. The molecule has 0 N–H and O–H groups in total. The summed E-state index contributed by atoms with van der Waals surface area (Å²) in [5, 5.41) is 0. The first-order valence-corrected chi connectivity index (χ1v) is 1.99. The van der Waals surface area contributed by atoms with E-state index in [2.05, 4.69) is 0 Å². The van der Waals surface area contributed by atoms with E-state index in [1.54, 1.807) is 0 Å². The van der Waals surface area contributed by atoms with E-state index in [0.29, 0.717) is 0 Å². The zero-order chi connectivity index (χ0) is 5.86. The van der Waals surface area contributed by atoms with Crippen LogP contribution in [-0.4, -0.2) is 11.6 Å². The summed E-state index contributed by atoms with van der Waals surface area (Å²) in [5.74, 6) is -0.375. The third-order valence-electron chi connectivity index (χ3n) is 0.407. The van der Waals surface area contributed by atoms with Crippen molar-refractivity contribution in [2.75, 3.05) is 0 Å². The topological polar surface area (TPSA) is 34.1 Å². The molecule has 0 aliphatic heterocycles. The van der Waals surface area contributed by atoms with Crippen LogP contribution in [0.2, 0.25) is 0 Å². The Kier molecular flexibility index (Phi) is 8.68. The zero-order valence-corrected chi connectivity index (χ0v) is 8.52. The molecule has 0 fully saturated rings. The number of carbonyl (C=O) groups is 2. The van der Waals surface area contributed by atoms with Crippen LogP contribution in [0.5, 0.6) is 0 Å². The van der Waals surface area contributed by atoms with Gasteiger partial charge in [-0.1, -0.05) is 0 Å². The Bertz CT molecular complexity index is 86.6. The Morgan fingerprint density at radius 3 is 1.38 bits per heavy atom. The SMILES string of the molecule is CC(=O)[CH-]C(C)=O.[K+]. The zero-order valence-electron chi connectivity index (χ0n) is 5.39. The van der Waals surface area contributed by atoms with E-state index in [4.69, 9.17) is 0 Å². The van der Waals surface area contributed by atoms with Gasteiger partial charge in [-0.15, -0.1) is 0 Å². The van der Waals surface area contributed by atoms with Crippen molar-refractivity contribution >= 4 is 11.6 Å². The van der Waals surface area contributed by atoms with Crippen LogP contribution in [0.15, 0.2) is 0 Å². The van der Waals surface area contributed by atoms with Crippen molar-refractivity contribution in [2.45, 2.75) is 13.8 Å². The van der Waals surface area contributed by atoms with Crippen molar-refractivity contribution < 1.29 is 61.0 Å². The monoisotopic (exact) mass is 138 g/mol. The second kappa shape index (κ2) is 5.97. The normalized spacial score (nSPS) is 6.75. The summed E-state index contributed by atoms with van der Waals surface area (Å²) >= 11 is 0. The minimum atomic E-state index is -0.187. The molecule has 0 bridgehead atoms. The van der Waals surface area contributed by atoms with E-state index in [9.17, 15) is 9.59 Å². The first kappa shape index (κ1) is 11.6. The predicted octanol–water partition coefficient (Wildman–Crippen LogP) is -2.63. The molecular formula is C5H7KO2. The second-order valence-corrected chi connectivity index (χ2v) is 1.37. The average Bonchev–Trinajstić information content (AvgIpc) is 1.27. The van der Waals surface area contributed by atoms with Crippen molar-refractivity contribution in [3.63, 3.8) is 0 Å². The Hall–Kier alpha value is 0.846. The molecule has 0 aliphatic carbocycles. The van der Waals surface area contributed by atoms with Gasteiger partial charge < -0.3 is 9.59 Å². The van der Waals surface area contributed by atoms with Gasteiger partial charge in [-0.05, 0) is 13.8 Å². The van der Waals surface area contributed by atoms with Gasteiger partial charge in [-0.25, -0.2) is 0 Å². The first-order valence-electron chi connectivity index (χ1n) is 1.99. The molecule has 0 aliphatic rings. The molecule has 0 atom stereocenters. The van der Waals surface area contributed by atoms with E-state index in [1.807, 2.05) is 0 Å². The second-order valence-electron chi connectivity index (χ2n) is 1.37. The van der Waals surface area contributed by atoms with Crippen molar-refractivity contribution in [3.8, 4) is 0 Å². The number of rotatable bonds is 2. The van der Waals surface area contributed by atoms with Gasteiger partial charge in [0.1, 0.15) is 0 Å². The summed E-state index contributed by atoms with van der Waals surface area (Å²) in [6.07, 6.45) is 1.06. The van der Waals surface area contributed by atoms with Crippen molar-refractivity contribution in [1.29, 1.82) is 0 Å². The molecule has 0 radical (unpaired) electrons. The van der Waals surface area contributed by atoms with Crippen LogP contribution in [0.4, 0.5) is 0 Å². The maximum Gasteiger partial charge on any atom is 1.00 e. The molecule has 0 aromatic carbocycles. The Balaban J connectivity index is 0. The number of carbonyl (C=O) groups excluding carboxylic acids is 2. The Morgan fingerprint density at radius 1 is 1.12 bits per heavy atom. The van der Waals surface area contributed by atoms with Crippen molar-refractivity contribution in [3.05, 3.63) is 6.42 Å². The van der Waals surface area contributed by atoms with E-state index in [0.717, 1.165) is 6.42 Å². The molecule has 0 heterocycles. The maximum atomic E-state index is 9.98. The standard InChI is InChI=1S/C5H7O2.K/c1-4(6)3-5(2)7;/h3H,1-2H3;/q-1;+1. The fourth-order valence-corrected chi connectivity index (χ4v) is 0.286. The summed E-state index contributed by atoms with van der Waals surface area (Å²) in [5.41, 5.74) is 0. The van der Waals surface area contributed by atoms with Crippen molar-refractivity contribution in [2.24, 2.45) is 0 Å². The van der Waals surface area contributed by atoms with Crippen LogP contribution in [0, 0.1) is 6.42 Å². The van der Waals surface area contributed by atoms with Crippen molar-refractivity contribution in [1.82, 2.24) is 0 Å². The molecule has 40 valence electrons. The van der Waals surface area contributed by atoms with Gasteiger partial charge >= 0.3 is 51.4 Å². The van der Waals surface area contributed by atoms with Crippen LogP contribution in [0.25, 0.3) is 0 Å². The van der Waals surface area contributed by atoms with Crippen LogP contribution in [0.1, 0.15) is 13.8 Å². The molecule has 0 saturated carbocycles. The van der Waals surface area contributed by atoms with E-state index in [1.165, 1.54) is 13.8 Å². The van der Waals surface area contributed by atoms with E-state index in [-0.39, 0.29) is 63.0 Å². The molecule has 8 heavy (non-hydrogen) atoms. The summed E-state index contributed by atoms with van der Waals surface area (Å²) in [6, 6.07) is 0. The van der Waals surface area contributed by atoms with Gasteiger partial charge in [-0.2, -0.15) is 0 Å². The molecule has 0 aromatic heterocycles. The maximum absolute atomic E-state index is 9.98. The predicted molar refractivity (Wildman–Crippen MR) is 25.7 cm³/mol. The first-order chi connectivity index (χ1) is 3.13. The molecule has 2 nitrogen and oxygen atoms in total. The molecule has 0 spiro atoms. The largest absolute Gasteiger partial charge is 1.00 e. The summed E-state index contributed by atoms with van der Waals surface area (Å²) in [6.45, 7) is 2.70. The summed E-state index contributed by atoms with van der Waals surface area (Å²) in [4.78, 5) is 20.0. The van der Waals surface area contributed by atoms with Gasteiger partial charge in [0.2, 0.25) is 0 Å². The molecular weight excluding hydrogens is 131 g/mol. The minimum Gasteiger partial charge on any atom is -0.334 e. The number of ketones is 2. The number of hydrogen-bond donors (Lipinski definition) is 0. The Morgan fingerprint density at radius 2 is 1.38 bits per heavy atom. The van der Waals surface area contributed by atoms with E-state index < -0.39 is 0 Å². The molecule has 0 unspecified atom stereocenters. The third kappa shape index (κ3) is 9.96. The fraction of sp³-hybridized carbons (Fsp3) is 0.400. The van der Waals surface area contributed by atoms with Gasteiger partial charge in [0, 0.05) is 11.6 Å². The van der Waals surface area contributed by atoms with Crippen LogP contribution < -0.4 is 51.4 Å². The molecule has 3 heteroatoms. The summed E-state index contributed by atoms with van der Waals surface area (Å²) in [7, 11) is 0. The van der Waals surface area contributed by atoms with Gasteiger partial charge in [-0.3, -0.25) is 6.42 Å². The van der Waals surface area contributed by atoms with Gasteiger partial charge in [0.05, 0.1) is 0 Å². The third-order valence-corrected chi connectivity index (χ3v) is 0.407. The average molecular weight is 138 g/mol. The number of hydrogen-bond acceptors (Lipinski definition) is 2. The summed E-state index contributed by atoms with van der Waals surface area (Å²) < 4.78 is 0. The Labute approximate surface area is 91.4 Å². The van der Waals surface area contributed by atoms with Crippen LogP contribution in [0.3, 0.4) is 0 Å². The van der Waals surface area contributed by atoms with Crippen LogP contribution in [-0.2, 0) is 9.59 Å².